The quantitative estimate of drug-likeness (QED) is 0.646. The average molecular weight is 340 g/mol. The minimum atomic E-state index is -0.135. The third kappa shape index (κ3) is 3.92. The Bertz CT molecular complexity index is 686. The van der Waals surface area contributed by atoms with E-state index in [2.05, 4.69) is 15.5 Å². The molecule has 0 unspecified atom stereocenters. The van der Waals surface area contributed by atoms with Crippen molar-refractivity contribution in [3.05, 3.63) is 34.6 Å². The van der Waals surface area contributed by atoms with Crippen LogP contribution >= 0.6 is 23.4 Å². The highest BCUT2D eigenvalue weighted by Gasteiger charge is 2.14. The van der Waals surface area contributed by atoms with Crippen LogP contribution in [0.2, 0.25) is 5.02 Å². The minimum Gasteiger partial charge on any atom is -0.336 e. The monoisotopic (exact) mass is 339 g/mol. The molecule has 22 heavy (non-hydrogen) atoms. The number of hydrogen-bond acceptors (Lipinski definition) is 5. The Kier molecular flexibility index (Phi) is 5.31. The van der Waals surface area contributed by atoms with E-state index in [0.29, 0.717) is 16.0 Å². The number of nitrogen functional groups attached to an aromatic ring is 1. The molecule has 0 atom stereocenters. The molecule has 0 aliphatic carbocycles. The predicted octanol–water partition coefficient (Wildman–Crippen LogP) is 2.81. The largest absolute Gasteiger partial charge is 0.336 e. The number of nitrogens with two attached hydrogens (primary N) is 1. The Balaban J connectivity index is 1.96. The van der Waals surface area contributed by atoms with Crippen LogP contribution in [-0.4, -0.2) is 26.5 Å². The van der Waals surface area contributed by atoms with Gasteiger partial charge in [0.25, 0.3) is 0 Å². The zero-order valence-electron chi connectivity index (χ0n) is 12.6. The van der Waals surface area contributed by atoms with Crippen molar-refractivity contribution in [3.8, 4) is 0 Å². The lowest BCUT2D eigenvalue weighted by Crippen LogP contribution is -2.18. The molecule has 0 fully saturated rings. The highest BCUT2D eigenvalue weighted by atomic mass is 35.5. The van der Waals surface area contributed by atoms with E-state index in [9.17, 15) is 4.79 Å². The molecule has 118 valence electrons. The van der Waals surface area contributed by atoms with Gasteiger partial charge in [-0.1, -0.05) is 37.2 Å². The Labute approximate surface area is 138 Å². The van der Waals surface area contributed by atoms with Crippen LogP contribution in [0, 0.1) is 6.92 Å². The van der Waals surface area contributed by atoms with Crippen LogP contribution in [0.3, 0.4) is 0 Å². The van der Waals surface area contributed by atoms with Crippen LogP contribution < -0.4 is 11.2 Å². The number of anilines is 1. The normalized spacial score (nSPS) is 11.0. The summed E-state index contributed by atoms with van der Waals surface area (Å²) in [6.45, 7) is 5.86. The van der Waals surface area contributed by atoms with Gasteiger partial charge in [0, 0.05) is 16.6 Å². The smallest absolute Gasteiger partial charge is 0.234 e. The van der Waals surface area contributed by atoms with Crippen molar-refractivity contribution >= 4 is 35.0 Å². The Morgan fingerprint density at radius 1 is 1.45 bits per heavy atom. The van der Waals surface area contributed by atoms with Crippen molar-refractivity contribution in [3.63, 3.8) is 0 Å². The van der Waals surface area contributed by atoms with E-state index in [-0.39, 0.29) is 17.6 Å². The fourth-order valence-corrected chi connectivity index (χ4v) is 2.75. The fourth-order valence-electron chi connectivity index (χ4n) is 1.86. The van der Waals surface area contributed by atoms with Gasteiger partial charge in [-0.3, -0.25) is 4.79 Å². The second-order valence-electron chi connectivity index (χ2n) is 5.16. The number of thioether (sulfide) groups is 1. The summed E-state index contributed by atoms with van der Waals surface area (Å²) >= 11 is 7.14. The summed E-state index contributed by atoms with van der Waals surface area (Å²) in [4.78, 5) is 12.0. The first-order chi connectivity index (χ1) is 10.4. The van der Waals surface area contributed by atoms with Gasteiger partial charge >= 0.3 is 0 Å². The molecule has 8 heteroatoms. The molecule has 0 radical (unpaired) electrons. The molecule has 0 saturated heterocycles. The third-order valence-electron chi connectivity index (χ3n) is 3.00. The van der Waals surface area contributed by atoms with Crippen molar-refractivity contribution in [1.82, 2.24) is 14.9 Å². The van der Waals surface area contributed by atoms with Gasteiger partial charge in [0.1, 0.15) is 0 Å². The van der Waals surface area contributed by atoms with Gasteiger partial charge in [-0.05, 0) is 30.7 Å². The molecule has 2 aromatic rings. The maximum absolute atomic E-state index is 12.0. The summed E-state index contributed by atoms with van der Waals surface area (Å²) < 4.78 is 1.43. The number of rotatable bonds is 5. The number of nitrogens with one attached hydrogen (secondary N) is 1. The molecule has 3 N–H and O–H groups in total. The number of amides is 1. The van der Waals surface area contributed by atoms with Crippen molar-refractivity contribution in [2.45, 2.75) is 31.8 Å². The van der Waals surface area contributed by atoms with Gasteiger partial charge in [-0.15, -0.1) is 10.2 Å². The number of hydrogen-bond donors (Lipinski definition) is 2. The van der Waals surface area contributed by atoms with Gasteiger partial charge in [0.05, 0.1) is 5.75 Å². The lowest BCUT2D eigenvalue weighted by molar-refractivity contribution is -0.113. The molecule has 1 aromatic carbocycles. The maximum atomic E-state index is 12.0. The molecule has 0 saturated carbocycles. The zero-order valence-corrected chi connectivity index (χ0v) is 14.2. The lowest BCUT2D eigenvalue weighted by Gasteiger charge is -2.08. The number of halogens is 1. The van der Waals surface area contributed by atoms with Gasteiger partial charge in [-0.2, -0.15) is 0 Å². The number of nitrogens with zero attached hydrogens (tertiary/aromatic N) is 3. The van der Waals surface area contributed by atoms with Crippen LogP contribution in [0.25, 0.3) is 0 Å². The predicted molar refractivity (Wildman–Crippen MR) is 89.8 cm³/mol. The number of aromatic nitrogens is 3. The Hall–Kier alpha value is -1.73. The van der Waals surface area contributed by atoms with Crippen LogP contribution in [0.1, 0.15) is 31.2 Å². The second kappa shape index (κ2) is 7.02. The molecule has 2 rings (SSSR count). The zero-order chi connectivity index (χ0) is 16.3. The first-order valence-electron chi connectivity index (χ1n) is 6.77. The number of carbonyl (C=O) groups excluding carboxylic acids is 1. The average Bonchev–Trinajstić information content (AvgIpc) is 2.81. The van der Waals surface area contributed by atoms with Crippen LogP contribution in [0.4, 0.5) is 5.69 Å². The lowest BCUT2D eigenvalue weighted by atomic mass is 10.2. The summed E-state index contributed by atoms with van der Waals surface area (Å²) in [6, 6.07) is 5.32. The number of carbonyl (C=O) groups is 1. The second-order valence-corrected chi connectivity index (χ2v) is 6.54. The van der Waals surface area contributed by atoms with Crippen LogP contribution in [0.15, 0.2) is 23.4 Å². The first-order valence-corrected chi connectivity index (χ1v) is 8.14. The fraction of sp³-hybridized carbons (Fsp3) is 0.357. The molecule has 0 spiro atoms. The summed E-state index contributed by atoms with van der Waals surface area (Å²) in [7, 11) is 0. The summed E-state index contributed by atoms with van der Waals surface area (Å²) in [5.41, 5.74) is 1.65. The van der Waals surface area contributed by atoms with E-state index in [1.807, 2.05) is 20.8 Å². The van der Waals surface area contributed by atoms with Crippen molar-refractivity contribution in [2.24, 2.45) is 0 Å². The summed E-state index contributed by atoms with van der Waals surface area (Å²) in [5.74, 6) is 6.85. The molecule has 1 amide bonds. The van der Waals surface area contributed by atoms with Crippen molar-refractivity contribution in [1.29, 1.82) is 0 Å². The topological polar surface area (TPSA) is 85.8 Å². The van der Waals surface area contributed by atoms with E-state index in [4.69, 9.17) is 17.4 Å². The van der Waals surface area contributed by atoms with E-state index >= 15 is 0 Å². The molecule has 0 aliphatic heterocycles. The molecular formula is C14H18ClN5OS. The van der Waals surface area contributed by atoms with E-state index in [1.54, 1.807) is 18.2 Å². The SMILES string of the molecule is Cc1cc(Cl)ccc1NC(=O)CSc1nnc(C(C)C)n1N. The van der Waals surface area contributed by atoms with Gasteiger partial charge in [-0.25, -0.2) is 4.68 Å². The number of aryl methyl sites for hydroxylation is 1. The first kappa shape index (κ1) is 16.6. The molecule has 0 bridgehead atoms. The van der Waals surface area contributed by atoms with Gasteiger partial charge in [0.15, 0.2) is 5.82 Å². The van der Waals surface area contributed by atoms with E-state index in [1.165, 1.54) is 16.4 Å². The highest BCUT2D eigenvalue weighted by Crippen LogP contribution is 2.21. The van der Waals surface area contributed by atoms with E-state index in [0.717, 1.165) is 11.3 Å². The summed E-state index contributed by atoms with van der Waals surface area (Å²) in [5, 5.41) is 12.0. The third-order valence-corrected chi connectivity index (χ3v) is 4.18. The van der Waals surface area contributed by atoms with Crippen LogP contribution in [0.5, 0.6) is 0 Å². The molecule has 1 aromatic heterocycles. The Morgan fingerprint density at radius 3 is 2.77 bits per heavy atom. The van der Waals surface area contributed by atoms with E-state index < -0.39 is 0 Å². The van der Waals surface area contributed by atoms with Crippen LogP contribution in [-0.2, 0) is 4.79 Å². The standard InChI is InChI=1S/C14H18ClN5OS/c1-8(2)13-18-19-14(20(13)16)22-7-12(21)17-11-5-4-10(15)6-9(11)3/h4-6,8H,7,16H2,1-3H3,(H,17,21). The molecule has 1 heterocycles. The molecule has 0 aliphatic rings. The number of benzene rings is 1. The maximum Gasteiger partial charge on any atom is 0.234 e. The molecule has 6 nitrogen and oxygen atoms in total. The van der Waals surface area contributed by atoms with Gasteiger partial charge < -0.3 is 11.2 Å². The Morgan fingerprint density at radius 2 is 2.18 bits per heavy atom. The van der Waals surface area contributed by atoms with Crippen molar-refractivity contribution in [2.75, 3.05) is 16.9 Å². The highest BCUT2D eigenvalue weighted by molar-refractivity contribution is 7.99. The van der Waals surface area contributed by atoms with Gasteiger partial charge in [0.2, 0.25) is 11.1 Å². The summed E-state index contributed by atoms with van der Waals surface area (Å²) in [6.07, 6.45) is 0. The minimum absolute atomic E-state index is 0.135. The molecular weight excluding hydrogens is 322 g/mol. The van der Waals surface area contributed by atoms with Crippen molar-refractivity contribution < 1.29 is 4.79 Å².